The number of hydrogen-bond donors (Lipinski definition) is 0. The molecule has 0 aromatic carbocycles. The van der Waals surface area contributed by atoms with Crippen LogP contribution < -0.4 is 0 Å². The zero-order valence-electron chi connectivity index (χ0n) is 3.12. The van der Waals surface area contributed by atoms with Gasteiger partial charge in [-0.05, 0) is 0 Å². The van der Waals surface area contributed by atoms with Gasteiger partial charge in [0, 0.05) is 132 Å². The summed E-state index contributed by atoms with van der Waals surface area (Å²) in [6.45, 7) is 0. The van der Waals surface area contributed by atoms with Gasteiger partial charge in [0.15, 0.2) is 0 Å². The summed E-state index contributed by atoms with van der Waals surface area (Å²) in [6.07, 6.45) is 0. The minimum Gasteiger partial charge on any atom is 0 e. The van der Waals surface area contributed by atoms with Crippen molar-refractivity contribution in [3.63, 3.8) is 0 Å². The molecule has 0 aliphatic rings. The topological polar surface area (TPSA) is 0 Å². The standard InChI is InChI=1S/Ca.K.Mg.Zn. The van der Waals surface area contributed by atoms with Crippen LogP contribution in [0.2, 0.25) is 0 Å². The van der Waals surface area contributed by atoms with E-state index >= 15 is 0 Å². The Morgan fingerprint density at radius 3 is 1.00 bits per heavy atom. The first-order valence-corrected chi connectivity index (χ1v) is 0. The van der Waals surface area contributed by atoms with Gasteiger partial charge in [-0.15, -0.1) is 0 Å². The maximum atomic E-state index is 0. The molecule has 0 nitrogen and oxygen atoms in total. The van der Waals surface area contributed by atoms with Crippen LogP contribution in [-0.2, 0) is 19.5 Å². The van der Waals surface area contributed by atoms with Crippen LogP contribution in [-0.4, -0.2) is 112 Å². The Morgan fingerprint density at radius 1 is 1.00 bits per heavy atom. The van der Waals surface area contributed by atoms with Crippen molar-refractivity contribution >= 4 is 112 Å². The molecule has 0 saturated heterocycles. The molecule has 0 atom stereocenters. The zero-order chi connectivity index (χ0) is 0. The largest absolute Gasteiger partial charge is 0 e. The summed E-state index contributed by atoms with van der Waals surface area (Å²) < 4.78 is 0. The SMILES string of the molecule is [Ca].[K].[Mg].[Zn]. The van der Waals surface area contributed by atoms with E-state index in [4.69, 9.17) is 0 Å². The molecule has 0 unspecified atom stereocenters. The quantitative estimate of drug-likeness (QED) is 0.402. The van der Waals surface area contributed by atoms with Crippen LogP contribution in [0.1, 0.15) is 0 Å². The molecule has 0 fully saturated rings. The van der Waals surface area contributed by atoms with Crippen LogP contribution in [0.5, 0.6) is 0 Å². The monoisotopic (exact) mass is 167 g/mol. The van der Waals surface area contributed by atoms with Crippen LogP contribution in [0.3, 0.4) is 0 Å². The van der Waals surface area contributed by atoms with Gasteiger partial charge in [-0.2, -0.15) is 0 Å². The molecule has 0 heterocycles. The molecule has 4 heavy (non-hydrogen) atoms. The van der Waals surface area contributed by atoms with Crippen molar-refractivity contribution in [3.05, 3.63) is 0 Å². The second kappa shape index (κ2) is 15.7. The number of hydrogen-bond acceptors (Lipinski definition) is 0. The Kier molecular flexibility index (Phi) is 93.8. The van der Waals surface area contributed by atoms with Gasteiger partial charge in [-0.3, -0.25) is 0 Å². The second-order valence-corrected chi connectivity index (χ2v) is 0. The number of rotatable bonds is 0. The van der Waals surface area contributed by atoms with Crippen molar-refractivity contribution in [3.8, 4) is 0 Å². The van der Waals surface area contributed by atoms with E-state index in [2.05, 4.69) is 0 Å². The van der Waals surface area contributed by atoms with Gasteiger partial charge in [-0.1, -0.05) is 0 Å². The average molecular weight is 169 g/mol. The molecule has 5 radical (unpaired) electrons. The predicted octanol–water partition coefficient (Wildman–Crippen LogP) is -1.14. The molecular formula is CaKMgZn. The predicted molar refractivity (Wildman–Crippen MR) is 17.3 cm³/mol. The molecule has 0 aliphatic heterocycles. The first-order chi connectivity index (χ1) is 0. The Balaban J connectivity index is 0. The van der Waals surface area contributed by atoms with Crippen LogP contribution >= 0.6 is 0 Å². The van der Waals surface area contributed by atoms with Gasteiger partial charge in [-0.25, -0.2) is 0 Å². The Morgan fingerprint density at radius 2 is 1.00 bits per heavy atom. The third kappa shape index (κ3) is 9.56. The fourth-order valence-corrected chi connectivity index (χ4v) is 0. The van der Waals surface area contributed by atoms with Crippen LogP contribution in [0, 0.1) is 0 Å². The van der Waals surface area contributed by atoms with Gasteiger partial charge in [0.25, 0.3) is 0 Å². The van der Waals surface area contributed by atoms with Crippen molar-refractivity contribution in [2.45, 2.75) is 0 Å². The maximum absolute atomic E-state index is 0. The van der Waals surface area contributed by atoms with Crippen LogP contribution in [0.15, 0.2) is 0 Å². The zero-order valence-corrected chi connectivity index (χ0v) is 12.8. The van der Waals surface area contributed by atoms with Gasteiger partial charge in [0.1, 0.15) is 0 Å². The average Bonchev–Trinajstić information content (AvgIpc) is 0. The van der Waals surface area contributed by atoms with E-state index in [0.717, 1.165) is 0 Å². The smallest absolute Gasteiger partial charge is 0 e. The first-order valence-electron chi connectivity index (χ1n) is 0. The van der Waals surface area contributed by atoms with Crippen molar-refractivity contribution in [2.24, 2.45) is 0 Å². The molecule has 0 N–H and O–H groups in total. The molecule has 0 aromatic heterocycles. The molecule has 0 bridgehead atoms. The summed E-state index contributed by atoms with van der Waals surface area (Å²) in [5.41, 5.74) is 0. The van der Waals surface area contributed by atoms with E-state index < -0.39 is 0 Å². The molecule has 0 spiro atoms. The molecule has 0 amide bonds. The summed E-state index contributed by atoms with van der Waals surface area (Å²) in [4.78, 5) is 0. The van der Waals surface area contributed by atoms with E-state index in [0.29, 0.717) is 0 Å². The van der Waals surface area contributed by atoms with Crippen LogP contribution in [0.4, 0.5) is 0 Å². The third-order valence-electron chi connectivity index (χ3n) is 0. The van der Waals surface area contributed by atoms with Crippen molar-refractivity contribution in [2.75, 3.05) is 0 Å². The van der Waals surface area contributed by atoms with Crippen LogP contribution in [0.25, 0.3) is 0 Å². The first kappa shape index (κ1) is 23.9. The molecule has 0 aromatic rings. The van der Waals surface area contributed by atoms with Gasteiger partial charge in [0.05, 0.1) is 0 Å². The second-order valence-electron chi connectivity index (χ2n) is 0. The third-order valence-corrected chi connectivity index (χ3v) is 0. The summed E-state index contributed by atoms with van der Waals surface area (Å²) in [5.74, 6) is 0. The van der Waals surface area contributed by atoms with Gasteiger partial charge < -0.3 is 0 Å². The van der Waals surface area contributed by atoms with E-state index in [9.17, 15) is 0 Å². The van der Waals surface area contributed by atoms with E-state index in [1.165, 1.54) is 0 Å². The summed E-state index contributed by atoms with van der Waals surface area (Å²) >= 11 is 0. The van der Waals surface area contributed by atoms with Gasteiger partial charge in [0.2, 0.25) is 0 Å². The van der Waals surface area contributed by atoms with E-state index in [1.54, 1.807) is 0 Å². The Bertz CT molecular complexity index is 8.00. The fraction of sp³-hybridized carbons (Fsp3) is 0. The molecule has 4 heteroatoms. The fourth-order valence-electron chi connectivity index (χ4n) is 0. The molecule has 0 saturated carbocycles. The minimum absolute atomic E-state index is 0. The maximum Gasteiger partial charge on any atom is 0 e. The normalized spacial score (nSPS) is 0. The van der Waals surface area contributed by atoms with E-state index in [1.807, 2.05) is 0 Å². The molecule has 0 rings (SSSR count). The Labute approximate surface area is 128 Å². The summed E-state index contributed by atoms with van der Waals surface area (Å²) in [7, 11) is 0. The molecule has 0 aliphatic carbocycles. The molecule has 7 valence electrons. The summed E-state index contributed by atoms with van der Waals surface area (Å²) in [6, 6.07) is 0. The van der Waals surface area contributed by atoms with Gasteiger partial charge >= 0.3 is 0 Å². The van der Waals surface area contributed by atoms with E-state index in [-0.39, 0.29) is 132 Å². The Hall–Kier alpha value is 4.29. The minimum atomic E-state index is 0. The van der Waals surface area contributed by atoms with Crippen molar-refractivity contribution in [1.82, 2.24) is 0 Å². The molecular weight excluding hydrogens is 169 g/mol. The van der Waals surface area contributed by atoms with Crippen molar-refractivity contribution < 1.29 is 19.5 Å². The summed E-state index contributed by atoms with van der Waals surface area (Å²) in [5, 5.41) is 0. The van der Waals surface area contributed by atoms with Crippen molar-refractivity contribution in [1.29, 1.82) is 0 Å².